The van der Waals surface area contributed by atoms with E-state index in [4.69, 9.17) is 10.5 Å². The average Bonchev–Trinajstić information content (AvgIpc) is 2.90. The van der Waals surface area contributed by atoms with Gasteiger partial charge >= 0.3 is 0 Å². The second-order valence-electron chi connectivity index (χ2n) is 5.14. The molecule has 1 aliphatic rings. The van der Waals surface area contributed by atoms with E-state index in [2.05, 4.69) is 25.9 Å². The number of aromatic nitrogens is 3. The fourth-order valence-corrected chi connectivity index (χ4v) is 3.07. The summed E-state index contributed by atoms with van der Waals surface area (Å²) in [6, 6.07) is 0. The zero-order valence-corrected chi connectivity index (χ0v) is 12.4. The molecule has 0 unspecified atom stereocenters. The van der Waals surface area contributed by atoms with Crippen LogP contribution in [-0.4, -0.2) is 43.1 Å². The summed E-state index contributed by atoms with van der Waals surface area (Å²) >= 11 is 3.43. The van der Waals surface area contributed by atoms with Crippen molar-refractivity contribution in [2.24, 2.45) is 0 Å². The Labute approximate surface area is 123 Å². The van der Waals surface area contributed by atoms with Crippen molar-refractivity contribution in [2.75, 3.05) is 12.3 Å². The number of rotatable bonds is 2. The van der Waals surface area contributed by atoms with E-state index in [1.54, 1.807) is 17.7 Å². The molecule has 0 bridgehead atoms. The first kappa shape index (κ1) is 13.7. The first-order valence-electron chi connectivity index (χ1n) is 6.19. The number of ether oxygens (including phenoxy) is 1. The molecular formula is C12H15BrN4O3. The molecule has 0 amide bonds. The van der Waals surface area contributed by atoms with Crippen molar-refractivity contribution < 1.29 is 14.9 Å². The Kier molecular flexibility index (Phi) is 3.20. The van der Waals surface area contributed by atoms with Gasteiger partial charge in [-0.05, 0) is 22.9 Å². The lowest BCUT2D eigenvalue weighted by atomic mass is 10.0. The minimum Gasteiger partial charge on any atom is -0.393 e. The van der Waals surface area contributed by atoms with Crippen LogP contribution in [0.2, 0.25) is 0 Å². The second kappa shape index (κ2) is 4.66. The summed E-state index contributed by atoms with van der Waals surface area (Å²) in [5.41, 5.74) is 5.51. The van der Waals surface area contributed by atoms with Gasteiger partial charge in [-0.3, -0.25) is 0 Å². The predicted octanol–water partition coefficient (Wildman–Crippen LogP) is 0.807. The van der Waals surface area contributed by atoms with Crippen molar-refractivity contribution >= 4 is 32.8 Å². The molecule has 2 aromatic heterocycles. The standard InChI is InChI=1S/C12H15BrN4O3/c1-12(4-18)7(19)2-8(20-12)17-3-6(13)9-10(14)15-5-16-11(9)17/h3,5,7-8,18-19H,2,4H2,1H3,(H2,14,15,16)/t7-,8+,12+/m0/s1. The monoisotopic (exact) mass is 342 g/mol. The molecule has 0 aliphatic carbocycles. The summed E-state index contributed by atoms with van der Waals surface area (Å²) in [6.45, 7) is 1.43. The maximum absolute atomic E-state index is 10.0. The predicted molar refractivity (Wildman–Crippen MR) is 75.9 cm³/mol. The Morgan fingerprint density at radius 2 is 2.35 bits per heavy atom. The van der Waals surface area contributed by atoms with Gasteiger partial charge in [0, 0.05) is 17.1 Å². The molecule has 3 rings (SSSR count). The van der Waals surface area contributed by atoms with E-state index in [1.165, 1.54) is 6.33 Å². The quantitative estimate of drug-likeness (QED) is 0.745. The average molecular weight is 343 g/mol. The number of aliphatic hydroxyl groups excluding tert-OH is 2. The van der Waals surface area contributed by atoms with Crippen LogP contribution in [0.25, 0.3) is 11.0 Å². The third-order valence-electron chi connectivity index (χ3n) is 3.75. The highest BCUT2D eigenvalue weighted by Gasteiger charge is 2.45. The van der Waals surface area contributed by atoms with E-state index in [0.717, 1.165) is 4.47 Å². The number of nitrogens with two attached hydrogens (primary N) is 1. The maximum Gasteiger partial charge on any atom is 0.148 e. The lowest BCUT2D eigenvalue weighted by Gasteiger charge is -2.25. The molecule has 3 heterocycles. The highest BCUT2D eigenvalue weighted by atomic mass is 79.9. The topological polar surface area (TPSA) is 106 Å². The van der Waals surface area contributed by atoms with Crippen LogP contribution < -0.4 is 5.73 Å². The van der Waals surface area contributed by atoms with E-state index < -0.39 is 17.9 Å². The minimum atomic E-state index is -0.966. The van der Waals surface area contributed by atoms with Gasteiger partial charge in [0.15, 0.2) is 0 Å². The summed E-state index contributed by atoms with van der Waals surface area (Å²) in [7, 11) is 0. The van der Waals surface area contributed by atoms with Crippen LogP contribution in [0.4, 0.5) is 5.82 Å². The Balaban J connectivity index is 2.07. The Morgan fingerprint density at radius 1 is 1.60 bits per heavy atom. The van der Waals surface area contributed by atoms with Crippen LogP contribution in [0.15, 0.2) is 17.0 Å². The van der Waals surface area contributed by atoms with Gasteiger partial charge in [0.2, 0.25) is 0 Å². The molecule has 3 atom stereocenters. The van der Waals surface area contributed by atoms with E-state index >= 15 is 0 Å². The lowest BCUT2D eigenvalue weighted by molar-refractivity contribution is -0.115. The first-order chi connectivity index (χ1) is 9.46. The molecule has 4 N–H and O–H groups in total. The SMILES string of the molecule is C[C@]1(CO)O[C@@H](n2cc(Br)c3c(N)ncnc32)C[C@@H]1O. The number of aliphatic hydroxyl groups is 2. The normalized spacial score (nSPS) is 30.2. The van der Waals surface area contributed by atoms with Crippen LogP contribution >= 0.6 is 15.9 Å². The van der Waals surface area contributed by atoms with Gasteiger partial charge in [-0.2, -0.15) is 0 Å². The van der Waals surface area contributed by atoms with Gasteiger partial charge in [-0.1, -0.05) is 0 Å². The van der Waals surface area contributed by atoms with Crippen LogP contribution in [0.5, 0.6) is 0 Å². The largest absolute Gasteiger partial charge is 0.393 e. The molecule has 1 saturated heterocycles. The van der Waals surface area contributed by atoms with Gasteiger partial charge in [0.25, 0.3) is 0 Å². The van der Waals surface area contributed by atoms with Crippen molar-refractivity contribution in [2.45, 2.75) is 31.3 Å². The third-order valence-corrected chi connectivity index (χ3v) is 4.35. The van der Waals surface area contributed by atoms with Crippen molar-refractivity contribution in [3.05, 3.63) is 17.0 Å². The zero-order chi connectivity index (χ0) is 14.5. The van der Waals surface area contributed by atoms with E-state index in [0.29, 0.717) is 23.3 Å². The molecule has 8 heteroatoms. The lowest BCUT2D eigenvalue weighted by Crippen LogP contribution is -2.39. The molecule has 1 aliphatic heterocycles. The Hall–Kier alpha value is -1.22. The van der Waals surface area contributed by atoms with Crippen LogP contribution in [0.3, 0.4) is 0 Å². The van der Waals surface area contributed by atoms with E-state index in [-0.39, 0.29) is 6.61 Å². The number of halogens is 1. The van der Waals surface area contributed by atoms with Crippen LogP contribution in [0.1, 0.15) is 19.6 Å². The number of nitrogens with zero attached hydrogens (tertiary/aromatic N) is 3. The van der Waals surface area contributed by atoms with E-state index in [1.807, 2.05) is 0 Å². The van der Waals surface area contributed by atoms with Gasteiger partial charge in [0.1, 0.15) is 29.6 Å². The van der Waals surface area contributed by atoms with E-state index in [9.17, 15) is 10.2 Å². The minimum absolute atomic E-state index is 0.248. The smallest absolute Gasteiger partial charge is 0.148 e. The number of hydrogen-bond acceptors (Lipinski definition) is 6. The molecule has 0 spiro atoms. The number of anilines is 1. The Bertz CT molecular complexity index is 661. The molecule has 0 radical (unpaired) electrons. The van der Waals surface area contributed by atoms with Gasteiger partial charge in [0.05, 0.1) is 18.1 Å². The van der Waals surface area contributed by atoms with Crippen LogP contribution in [-0.2, 0) is 4.74 Å². The number of hydrogen-bond donors (Lipinski definition) is 3. The van der Waals surface area contributed by atoms with Gasteiger partial charge in [-0.25, -0.2) is 9.97 Å². The van der Waals surface area contributed by atoms with Crippen molar-refractivity contribution in [1.29, 1.82) is 0 Å². The molecule has 7 nitrogen and oxygen atoms in total. The summed E-state index contributed by atoms with van der Waals surface area (Å²) in [4.78, 5) is 8.18. The van der Waals surface area contributed by atoms with Crippen molar-refractivity contribution in [3.63, 3.8) is 0 Å². The molecule has 20 heavy (non-hydrogen) atoms. The summed E-state index contributed by atoms with van der Waals surface area (Å²) in [6.07, 6.45) is 2.41. The van der Waals surface area contributed by atoms with Crippen molar-refractivity contribution in [3.8, 4) is 0 Å². The molecule has 0 aromatic carbocycles. The summed E-state index contributed by atoms with van der Waals surface area (Å²) in [5.74, 6) is 0.379. The Morgan fingerprint density at radius 3 is 3.00 bits per heavy atom. The molecule has 108 valence electrons. The fourth-order valence-electron chi connectivity index (χ4n) is 2.47. The molecule has 2 aromatic rings. The molecular weight excluding hydrogens is 328 g/mol. The number of fused-ring (bicyclic) bond motifs is 1. The molecule has 0 saturated carbocycles. The first-order valence-corrected chi connectivity index (χ1v) is 6.99. The third kappa shape index (κ3) is 1.91. The number of nitrogen functional groups attached to an aromatic ring is 1. The summed E-state index contributed by atoms with van der Waals surface area (Å²) in [5, 5.41) is 20.1. The van der Waals surface area contributed by atoms with Crippen molar-refractivity contribution in [1.82, 2.24) is 14.5 Å². The van der Waals surface area contributed by atoms with Gasteiger partial charge in [-0.15, -0.1) is 0 Å². The highest BCUT2D eigenvalue weighted by Crippen LogP contribution is 2.39. The van der Waals surface area contributed by atoms with Gasteiger partial charge < -0.3 is 25.3 Å². The summed E-state index contributed by atoms with van der Waals surface area (Å²) < 4.78 is 8.36. The second-order valence-corrected chi connectivity index (χ2v) is 5.99. The maximum atomic E-state index is 10.0. The highest BCUT2D eigenvalue weighted by molar-refractivity contribution is 9.10. The molecule has 1 fully saturated rings. The van der Waals surface area contributed by atoms with Crippen LogP contribution in [0, 0.1) is 0 Å². The zero-order valence-electron chi connectivity index (χ0n) is 10.8. The fraction of sp³-hybridized carbons (Fsp3) is 0.500.